The van der Waals surface area contributed by atoms with E-state index in [2.05, 4.69) is 21.5 Å². The van der Waals surface area contributed by atoms with Crippen molar-refractivity contribution in [2.24, 2.45) is 0 Å². The van der Waals surface area contributed by atoms with Gasteiger partial charge in [-0.1, -0.05) is 139 Å². The number of methoxy groups -OCH3 is 1. The highest BCUT2D eigenvalue weighted by Gasteiger charge is 2.55. The molecule has 384 valence electrons. The predicted molar refractivity (Wildman–Crippen MR) is 263 cm³/mol. The van der Waals surface area contributed by atoms with Crippen molar-refractivity contribution in [1.82, 2.24) is 20.3 Å². The Morgan fingerprint density at radius 2 is 1.15 bits per heavy atom. The average Bonchev–Trinajstić information content (AvgIpc) is 3.91. The van der Waals surface area contributed by atoms with Crippen LogP contribution in [0.15, 0.2) is 158 Å². The van der Waals surface area contributed by atoms with Crippen molar-refractivity contribution in [3.63, 3.8) is 0 Å². The average molecular weight is 1010 g/mol. The van der Waals surface area contributed by atoms with E-state index in [1.807, 2.05) is 91.0 Å². The van der Waals surface area contributed by atoms with Crippen LogP contribution < -0.4 is 5.32 Å². The fourth-order valence-electron chi connectivity index (χ4n) is 8.50. The largest absolute Gasteiger partial charge is 0.467 e. The molecule has 2 saturated heterocycles. The van der Waals surface area contributed by atoms with E-state index in [1.54, 1.807) is 48.5 Å². The van der Waals surface area contributed by atoms with Crippen LogP contribution in [0, 0.1) is 12.3 Å². The predicted octanol–water partition coefficient (Wildman–Crippen LogP) is 5.95. The van der Waals surface area contributed by atoms with Gasteiger partial charge in [0, 0.05) is 6.92 Å². The number of carbonyl (C=O) groups is 4. The first-order valence-corrected chi connectivity index (χ1v) is 23.9. The summed E-state index contributed by atoms with van der Waals surface area (Å²) in [5.74, 6) is -0.552. The molecule has 1 N–H and O–H groups in total. The van der Waals surface area contributed by atoms with E-state index in [4.69, 9.17) is 53.8 Å². The Kier molecular flexibility index (Phi) is 18.8. The molecule has 0 saturated carbocycles. The fraction of sp³-hybridized carbons (Fsp3) is 0.321. The molecule has 1 aromatic heterocycles. The Hall–Kier alpha value is -7.60. The minimum atomic E-state index is -1.59. The van der Waals surface area contributed by atoms with Crippen LogP contribution in [0.1, 0.15) is 56.3 Å². The summed E-state index contributed by atoms with van der Waals surface area (Å²) in [6.45, 7) is 1.36. The first-order chi connectivity index (χ1) is 36.2. The molecule has 8 rings (SSSR count). The van der Waals surface area contributed by atoms with E-state index in [0.29, 0.717) is 0 Å². The molecule has 0 radical (unpaired) electrons. The topological polar surface area (TPSA) is 203 Å². The summed E-state index contributed by atoms with van der Waals surface area (Å²) < 4.78 is 63.9. The molecule has 1 amide bonds. The van der Waals surface area contributed by atoms with Gasteiger partial charge >= 0.3 is 17.9 Å². The van der Waals surface area contributed by atoms with E-state index < -0.39 is 79.2 Å². The summed E-state index contributed by atoms with van der Waals surface area (Å²) in [5.41, 5.74) is 3.22. The highest BCUT2D eigenvalue weighted by Crippen LogP contribution is 2.36. The molecule has 10 atom stereocenters. The van der Waals surface area contributed by atoms with Gasteiger partial charge in [0.05, 0.1) is 57.5 Å². The van der Waals surface area contributed by atoms with Crippen molar-refractivity contribution in [2.75, 3.05) is 20.3 Å². The van der Waals surface area contributed by atoms with E-state index in [0.717, 1.165) is 23.8 Å². The SMILES string of the molecule is C#CCO[C@H]1[C@H](OC(=O)c2ccccc2)[C@@H](OC(=O)c2ccccc2)[C@H](n2cc(CO[C@H]3[C@H](OCc4ccccc4)[C@@H](NC(C)=O)[C@H](OCc4ccccc4)O[C@@H]3COCc3ccccc3)nn2)O[C@@H]1C(=O)OC. The van der Waals surface area contributed by atoms with Gasteiger partial charge in [0.25, 0.3) is 0 Å². The molecule has 0 aliphatic carbocycles. The number of terminal acetylenes is 1. The van der Waals surface area contributed by atoms with Crippen molar-refractivity contribution in [3.8, 4) is 12.3 Å². The minimum Gasteiger partial charge on any atom is -0.467 e. The van der Waals surface area contributed by atoms with Gasteiger partial charge in [0.2, 0.25) is 5.91 Å². The third kappa shape index (κ3) is 13.9. The van der Waals surface area contributed by atoms with Gasteiger partial charge in [-0.3, -0.25) is 4.79 Å². The van der Waals surface area contributed by atoms with Crippen LogP contribution in [-0.4, -0.2) is 114 Å². The van der Waals surface area contributed by atoms with Gasteiger partial charge < -0.3 is 52.7 Å². The highest BCUT2D eigenvalue weighted by atomic mass is 16.7. The number of nitrogens with zero attached hydrogens (tertiary/aromatic N) is 3. The molecule has 2 aliphatic rings. The summed E-state index contributed by atoms with van der Waals surface area (Å²) in [5, 5.41) is 11.8. The third-order valence-corrected chi connectivity index (χ3v) is 12.0. The molecule has 6 aromatic rings. The van der Waals surface area contributed by atoms with Gasteiger partial charge in [-0.15, -0.1) is 11.5 Å². The van der Waals surface area contributed by atoms with Crippen LogP contribution in [0.25, 0.3) is 0 Å². The Bertz CT molecular complexity index is 2760. The number of hydrogen-bond acceptors (Lipinski definition) is 16. The molecule has 3 heterocycles. The van der Waals surface area contributed by atoms with Crippen molar-refractivity contribution in [1.29, 1.82) is 0 Å². The fourth-order valence-corrected chi connectivity index (χ4v) is 8.50. The number of amides is 1. The summed E-state index contributed by atoms with van der Waals surface area (Å²) >= 11 is 0. The molecule has 18 nitrogen and oxygen atoms in total. The number of benzene rings is 5. The summed E-state index contributed by atoms with van der Waals surface area (Å²) in [7, 11) is 1.15. The lowest BCUT2D eigenvalue weighted by atomic mass is 9.95. The third-order valence-electron chi connectivity index (χ3n) is 12.0. The number of nitrogens with one attached hydrogen (secondary N) is 1. The molecule has 2 aliphatic heterocycles. The number of carbonyl (C=O) groups excluding carboxylic acids is 4. The van der Waals surface area contributed by atoms with Crippen molar-refractivity contribution >= 4 is 23.8 Å². The molecular formula is C56H56N4O14. The molecule has 18 heteroatoms. The molecule has 74 heavy (non-hydrogen) atoms. The normalized spacial score (nSPS) is 23.4. The lowest BCUT2D eigenvalue weighted by molar-refractivity contribution is -0.293. The van der Waals surface area contributed by atoms with Crippen molar-refractivity contribution in [2.45, 2.75) is 94.6 Å². The second-order valence-electron chi connectivity index (χ2n) is 17.2. The molecule has 0 unspecified atom stereocenters. The minimum absolute atomic E-state index is 0.0146. The number of ether oxygens (including phenoxy) is 10. The van der Waals surface area contributed by atoms with Crippen LogP contribution in [-0.2, 0) is 83.4 Å². The highest BCUT2D eigenvalue weighted by molar-refractivity contribution is 5.90. The van der Waals surface area contributed by atoms with E-state index in [9.17, 15) is 19.2 Å². The zero-order valence-electron chi connectivity index (χ0n) is 40.7. The zero-order chi connectivity index (χ0) is 51.7. The zero-order valence-corrected chi connectivity index (χ0v) is 40.7. The number of hydrogen-bond donors (Lipinski definition) is 1. The first-order valence-electron chi connectivity index (χ1n) is 23.9. The Morgan fingerprint density at radius 3 is 1.70 bits per heavy atom. The van der Waals surface area contributed by atoms with Crippen molar-refractivity contribution < 1.29 is 66.5 Å². The first kappa shape index (κ1) is 52.7. The van der Waals surface area contributed by atoms with Crippen LogP contribution in [0.4, 0.5) is 0 Å². The number of aromatic nitrogens is 3. The maximum Gasteiger partial charge on any atom is 0.338 e. The maximum atomic E-state index is 13.9. The summed E-state index contributed by atoms with van der Waals surface area (Å²) in [6, 6.07) is 44.0. The Labute approximate surface area is 428 Å². The quantitative estimate of drug-likeness (QED) is 0.0474. The second kappa shape index (κ2) is 26.4. The second-order valence-corrected chi connectivity index (χ2v) is 17.2. The Morgan fingerprint density at radius 1 is 0.622 bits per heavy atom. The van der Waals surface area contributed by atoms with Crippen LogP contribution >= 0.6 is 0 Å². The molecule has 0 spiro atoms. The van der Waals surface area contributed by atoms with Gasteiger partial charge in [-0.05, 0) is 41.0 Å². The van der Waals surface area contributed by atoms with Gasteiger partial charge in [-0.25, -0.2) is 19.1 Å². The summed E-state index contributed by atoms with van der Waals surface area (Å²) in [4.78, 5) is 54.4. The van der Waals surface area contributed by atoms with E-state index in [-0.39, 0.29) is 62.4 Å². The van der Waals surface area contributed by atoms with Gasteiger partial charge in [0.1, 0.15) is 42.8 Å². The number of rotatable bonds is 22. The lowest BCUT2D eigenvalue weighted by Gasteiger charge is -2.46. The van der Waals surface area contributed by atoms with Gasteiger partial charge in [0.15, 0.2) is 30.8 Å². The number of esters is 3. The van der Waals surface area contributed by atoms with Crippen LogP contribution in [0.2, 0.25) is 0 Å². The molecular weight excluding hydrogens is 953 g/mol. The van der Waals surface area contributed by atoms with Crippen LogP contribution in [0.3, 0.4) is 0 Å². The summed E-state index contributed by atoms with van der Waals surface area (Å²) in [6.07, 6.45) is -4.28. The monoisotopic (exact) mass is 1010 g/mol. The smallest absolute Gasteiger partial charge is 0.338 e. The van der Waals surface area contributed by atoms with E-state index >= 15 is 0 Å². The molecule has 2 fully saturated rings. The van der Waals surface area contributed by atoms with Crippen molar-refractivity contribution in [3.05, 3.63) is 191 Å². The molecule has 5 aromatic carbocycles. The standard InChI is InChI=1S/C56H56N4O14/c1-4-30-67-48-49(73-53(62)41-26-16-8-17-27-41)50(74-54(63)42-28-18-9-19-29-42)52(72-51(48)55(64)65-3)60-31-43(58-59-60)35-69-46-44(36-66-32-38-20-10-5-11-21-38)71-56(70-34-40-24-14-7-15-25-40)45(57-37(2)61)47(46)68-33-39-22-12-6-13-23-39/h1,5-29,31,44-52,56H,30,32-36H2,2-3H3,(H,57,61)/t44-,45-,46-,47-,48+,49+,50-,51+,52-,56-/m1/s1. The van der Waals surface area contributed by atoms with E-state index in [1.165, 1.54) is 29.9 Å². The lowest BCUT2D eigenvalue weighted by Crippen LogP contribution is -2.66. The maximum absolute atomic E-state index is 13.9. The van der Waals surface area contributed by atoms with Crippen LogP contribution in [0.5, 0.6) is 0 Å². The van der Waals surface area contributed by atoms with Gasteiger partial charge in [-0.2, -0.15) is 0 Å². The molecule has 0 bridgehead atoms. The Balaban J connectivity index is 1.13.